The molecule has 3 rings (SSSR count). The maximum absolute atomic E-state index is 12.6. The van der Waals surface area contributed by atoms with Crippen LogP contribution in [-0.2, 0) is 0 Å². The molecule has 1 aromatic heterocycles. The Kier molecular flexibility index (Phi) is 3.03. The molecule has 0 aliphatic carbocycles. The molecule has 0 saturated carbocycles. The molecule has 0 saturated heterocycles. The average molecular weight is 266 g/mol. The highest BCUT2D eigenvalue weighted by atomic mass is 16.5. The first-order valence-electron chi connectivity index (χ1n) is 6.37. The van der Waals surface area contributed by atoms with Gasteiger partial charge in [0, 0.05) is 0 Å². The Morgan fingerprint density at radius 2 is 1.70 bits per heavy atom. The Morgan fingerprint density at radius 3 is 2.40 bits per heavy atom. The van der Waals surface area contributed by atoms with Crippen molar-refractivity contribution in [2.75, 3.05) is 7.11 Å². The minimum atomic E-state index is -0.00508. The lowest BCUT2D eigenvalue weighted by Gasteiger charge is -2.07. The number of para-hydroxylation sites is 1. The highest BCUT2D eigenvalue weighted by molar-refractivity contribution is 5.82. The fraction of sp³-hybridized carbons (Fsp3) is 0.118. The third-order valence-electron chi connectivity index (χ3n) is 3.35. The van der Waals surface area contributed by atoms with Gasteiger partial charge in [0.1, 0.15) is 17.1 Å². The summed E-state index contributed by atoms with van der Waals surface area (Å²) >= 11 is 0. The van der Waals surface area contributed by atoms with Crippen molar-refractivity contribution in [3.8, 4) is 16.9 Å². The summed E-state index contributed by atoms with van der Waals surface area (Å²) in [6, 6.07) is 14.7. The second-order valence-corrected chi connectivity index (χ2v) is 4.59. The lowest BCUT2D eigenvalue weighted by Crippen LogP contribution is -2.07. The lowest BCUT2D eigenvalue weighted by molar-refractivity contribution is 0.415. The van der Waals surface area contributed by atoms with Crippen LogP contribution in [0.2, 0.25) is 0 Å². The number of hydrogen-bond donors (Lipinski definition) is 0. The van der Waals surface area contributed by atoms with Crippen LogP contribution in [0.15, 0.2) is 57.7 Å². The number of ether oxygens (including phenoxy) is 1. The molecule has 20 heavy (non-hydrogen) atoms. The molecule has 0 aliphatic heterocycles. The Balaban J connectivity index is 2.27. The normalized spacial score (nSPS) is 10.7. The van der Waals surface area contributed by atoms with Gasteiger partial charge >= 0.3 is 0 Å². The molecule has 2 aromatic carbocycles. The molecule has 0 N–H and O–H groups in total. The number of fused-ring (bicyclic) bond motifs is 1. The molecule has 0 bridgehead atoms. The summed E-state index contributed by atoms with van der Waals surface area (Å²) in [4.78, 5) is 12.6. The van der Waals surface area contributed by atoms with Crippen molar-refractivity contribution in [3.05, 3.63) is 64.5 Å². The predicted octanol–water partition coefficient (Wildman–Crippen LogP) is 3.78. The van der Waals surface area contributed by atoms with E-state index in [4.69, 9.17) is 9.15 Å². The van der Waals surface area contributed by atoms with E-state index in [0.717, 1.165) is 11.3 Å². The van der Waals surface area contributed by atoms with E-state index < -0.39 is 0 Å². The number of rotatable bonds is 2. The van der Waals surface area contributed by atoms with Gasteiger partial charge in [-0.2, -0.15) is 0 Å². The highest BCUT2D eigenvalue weighted by Gasteiger charge is 2.12. The molecule has 0 fully saturated rings. The third-order valence-corrected chi connectivity index (χ3v) is 3.35. The van der Waals surface area contributed by atoms with Crippen molar-refractivity contribution >= 4 is 11.0 Å². The SMILES string of the molecule is COc1ccc(-c2c(C)oc3ccccc3c2=O)cc1. The molecule has 1 heterocycles. The number of hydrogen-bond acceptors (Lipinski definition) is 3. The van der Waals surface area contributed by atoms with Crippen molar-refractivity contribution in [2.24, 2.45) is 0 Å². The first-order chi connectivity index (χ1) is 9.70. The second kappa shape index (κ2) is 4.85. The van der Waals surface area contributed by atoms with Gasteiger partial charge in [-0.05, 0) is 36.8 Å². The molecule has 0 radical (unpaired) electrons. The monoisotopic (exact) mass is 266 g/mol. The Hall–Kier alpha value is -2.55. The average Bonchev–Trinajstić information content (AvgIpc) is 2.48. The van der Waals surface area contributed by atoms with Gasteiger partial charge in [-0.1, -0.05) is 24.3 Å². The van der Waals surface area contributed by atoms with Gasteiger partial charge in [-0.15, -0.1) is 0 Å². The zero-order valence-corrected chi connectivity index (χ0v) is 11.3. The molecule has 3 heteroatoms. The van der Waals surface area contributed by atoms with Crippen LogP contribution in [0.4, 0.5) is 0 Å². The molecule has 0 spiro atoms. The smallest absolute Gasteiger partial charge is 0.200 e. The molecular formula is C17H14O3. The van der Waals surface area contributed by atoms with Crippen molar-refractivity contribution in [1.82, 2.24) is 0 Å². The molecule has 0 amide bonds. The van der Waals surface area contributed by atoms with Crippen LogP contribution < -0.4 is 10.2 Å². The van der Waals surface area contributed by atoms with Crippen LogP contribution in [0.5, 0.6) is 5.75 Å². The predicted molar refractivity (Wildman–Crippen MR) is 79.2 cm³/mol. The molecule has 3 aromatic rings. The van der Waals surface area contributed by atoms with E-state index >= 15 is 0 Å². The van der Waals surface area contributed by atoms with Gasteiger partial charge in [0.2, 0.25) is 5.43 Å². The summed E-state index contributed by atoms with van der Waals surface area (Å²) in [6.07, 6.45) is 0. The first-order valence-corrected chi connectivity index (χ1v) is 6.37. The van der Waals surface area contributed by atoms with E-state index in [0.29, 0.717) is 22.3 Å². The number of benzene rings is 2. The van der Waals surface area contributed by atoms with E-state index in [-0.39, 0.29) is 5.43 Å². The van der Waals surface area contributed by atoms with Gasteiger partial charge in [-0.25, -0.2) is 0 Å². The van der Waals surface area contributed by atoms with Crippen LogP contribution in [0.25, 0.3) is 22.1 Å². The zero-order valence-electron chi connectivity index (χ0n) is 11.3. The van der Waals surface area contributed by atoms with Crippen LogP contribution >= 0.6 is 0 Å². The van der Waals surface area contributed by atoms with E-state index in [1.54, 1.807) is 13.2 Å². The van der Waals surface area contributed by atoms with Crippen LogP contribution in [0.1, 0.15) is 5.76 Å². The quantitative estimate of drug-likeness (QED) is 0.708. The van der Waals surface area contributed by atoms with Crippen molar-refractivity contribution in [1.29, 1.82) is 0 Å². The fourth-order valence-electron chi connectivity index (χ4n) is 2.35. The Morgan fingerprint density at radius 1 is 1.00 bits per heavy atom. The van der Waals surface area contributed by atoms with Crippen molar-refractivity contribution in [3.63, 3.8) is 0 Å². The highest BCUT2D eigenvalue weighted by Crippen LogP contribution is 2.25. The van der Waals surface area contributed by atoms with E-state index in [1.807, 2.05) is 49.4 Å². The van der Waals surface area contributed by atoms with Crippen LogP contribution in [0.3, 0.4) is 0 Å². The van der Waals surface area contributed by atoms with Gasteiger partial charge in [0.15, 0.2) is 0 Å². The van der Waals surface area contributed by atoms with Crippen molar-refractivity contribution < 1.29 is 9.15 Å². The van der Waals surface area contributed by atoms with Crippen molar-refractivity contribution in [2.45, 2.75) is 6.92 Å². The third kappa shape index (κ3) is 1.97. The molecular weight excluding hydrogens is 252 g/mol. The summed E-state index contributed by atoms with van der Waals surface area (Å²) in [5.41, 5.74) is 2.05. The first kappa shape index (κ1) is 12.5. The number of methoxy groups -OCH3 is 1. The van der Waals surface area contributed by atoms with Gasteiger partial charge in [0.05, 0.1) is 18.1 Å². The van der Waals surface area contributed by atoms with Crippen LogP contribution in [0, 0.1) is 6.92 Å². The number of aryl methyl sites for hydroxylation is 1. The summed E-state index contributed by atoms with van der Waals surface area (Å²) in [5.74, 6) is 1.38. The second-order valence-electron chi connectivity index (χ2n) is 4.59. The lowest BCUT2D eigenvalue weighted by atomic mass is 10.0. The van der Waals surface area contributed by atoms with E-state index in [2.05, 4.69) is 0 Å². The summed E-state index contributed by atoms with van der Waals surface area (Å²) in [5, 5.41) is 0.601. The Labute approximate surface area is 116 Å². The Bertz CT molecular complexity index is 814. The fourth-order valence-corrected chi connectivity index (χ4v) is 2.35. The molecule has 0 aliphatic rings. The van der Waals surface area contributed by atoms with Crippen LogP contribution in [-0.4, -0.2) is 7.11 Å². The zero-order chi connectivity index (χ0) is 14.1. The maximum atomic E-state index is 12.6. The van der Waals surface area contributed by atoms with Gasteiger partial charge < -0.3 is 9.15 Å². The van der Waals surface area contributed by atoms with Gasteiger partial charge in [0.25, 0.3) is 0 Å². The largest absolute Gasteiger partial charge is 0.497 e. The summed E-state index contributed by atoms with van der Waals surface area (Å²) in [6.45, 7) is 1.81. The summed E-state index contributed by atoms with van der Waals surface area (Å²) < 4.78 is 10.9. The molecule has 3 nitrogen and oxygen atoms in total. The van der Waals surface area contributed by atoms with E-state index in [1.165, 1.54) is 0 Å². The molecule has 0 atom stereocenters. The molecule has 100 valence electrons. The van der Waals surface area contributed by atoms with E-state index in [9.17, 15) is 4.79 Å². The molecule has 0 unspecified atom stereocenters. The minimum absolute atomic E-state index is 0.00508. The maximum Gasteiger partial charge on any atom is 0.200 e. The standard InChI is InChI=1S/C17H14O3/c1-11-16(12-7-9-13(19-2)10-8-12)17(18)14-5-3-4-6-15(14)20-11/h3-10H,1-2H3. The minimum Gasteiger partial charge on any atom is -0.497 e. The topological polar surface area (TPSA) is 39.4 Å². The van der Waals surface area contributed by atoms with Gasteiger partial charge in [-0.3, -0.25) is 4.79 Å². The summed E-state index contributed by atoms with van der Waals surface area (Å²) in [7, 11) is 1.62.